The Morgan fingerprint density at radius 2 is 1.74 bits per heavy atom. The molecule has 0 fully saturated rings. The van der Waals surface area contributed by atoms with Gasteiger partial charge in [0.1, 0.15) is 4.90 Å². The van der Waals surface area contributed by atoms with Crippen LogP contribution < -0.4 is 5.32 Å². The van der Waals surface area contributed by atoms with E-state index >= 15 is 0 Å². The van der Waals surface area contributed by atoms with Crippen LogP contribution >= 0.6 is 0 Å². The van der Waals surface area contributed by atoms with E-state index in [1.165, 1.54) is 6.92 Å². The van der Waals surface area contributed by atoms with Crippen LogP contribution in [0, 0.1) is 10.1 Å². The van der Waals surface area contributed by atoms with E-state index < -0.39 is 43.3 Å². The molecule has 0 aliphatic rings. The minimum absolute atomic E-state index is 0.239. The first kappa shape index (κ1) is 24.0. The molecule has 0 heterocycles. The molecule has 2 atom stereocenters. The molecule has 1 N–H and O–H groups in total. The Labute approximate surface area is 180 Å². The Morgan fingerprint density at radius 3 is 2.26 bits per heavy atom. The van der Waals surface area contributed by atoms with Crippen molar-refractivity contribution in [1.82, 2.24) is 0 Å². The van der Waals surface area contributed by atoms with Gasteiger partial charge < -0.3 is 10.1 Å². The number of sulfone groups is 1. The topological polar surface area (TPSA) is 133 Å². The highest BCUT2D eigenvalue weighted by molar-refractivity contribution is 7.90. The average Bonchev–Trinajstić information content (AvgIpc) is 2.72. The predicted molar refractivity (Wildman–Crippen MR) is 115 cm³/mol. The number of anilines is 1. The van der Waals surface area contributed by atoms with Gasteiger partial charge in [0.15, 0.2) is 15.9 Å². The number of esters is 1. The molecule has 1 amide bonds. The van der Waals surface area contributed by atoms with E-state index in [1.54, 1.807) is 12.1 Å². The molecule has 9 nitrogen and oxygen atoms in total. The van der Waals surface area contributed by atoms with Gasteiger partial charge in [0, 0.05) is 18.0 Å². The Balaban J connectivity index is 2.10. The molecular weight excluding hydrogens is 424 g/mol. The summed E-state index contributed by atoms with van der Waals surface area (Å²) in [6, 6.07) is 10.2. The molecule has 0 saturated carbocycles. The lowest BCUT2D eigenvalue weighted by atomic mass is 9.99. The van der Waals surface area contributed by atoms with Crippen LogP contribution in [0.3, 0.4) is 0 Å². The third-order valence-corrected chi connectivity index (χ3v) is 5.95. The van der Waals surface area contributed by atoms with E-state index in [9.17, 15) is 28.1 Å². The fourth-order valence-electron chi connectivity index (χ4n) is 2.76. The van der Waals surface area contributed by atoms with Crippen molar-refractivity contribution in [2.24, 2.45) is 0 Å². The van der Waals surface area contributed by atoms with Crippen LogP contribution in [0.25, 0.3) is 0 Å². The van der Waals surface area contributed by atoms with Crippen LogP contribution in [0.4, 0.5) is 11.4 Å². The Hall–Kier alpha value is -3.27. The van der Waals surface area contributed by atoms with E-state index in [0.717, 1.165) is 36.4 Å². The molecular formula is C21H24N2O7S. The molecule has 2 aromatic carbocycles. The van der Waals surface area contributed by atoms with Crippen LogP contribution in [-0.2, 0) is 19.4 Å². The zero-order chi connectivity index (χ0) is 23.3. The summed E-state index contributed by atoms with van der Waals surface area (Å²) >= 11 is 0. The summed E-state index contributed by atoms with van der Waals surface area (Å²) in [7, 11) is -3.86. The fourth-order valence-corrected chi connectivity index (χ4v) is 3.59. The van der Waals surface area contributed by atoms with Gasteiger partial charge in [-0.3, -0.25) is 14.9 Å². The molecule has 0 bridgehead atoms. The lowest BCUT2D eigenvalue weighted by Gasteiger charge is -2.15. The SMILES string of the molecule is CC[C@H](C)c1ccc(NC(=O)[C@@H](C)OC(=O)c2ccc(S(C)(=O)=O)c([N+](=O)[O-])c2)cc1. The number of ether oxygens (including phenoxy) is 1. The second kappa shape index (κ2) is 9.69. The largest absolute Gasteiger partial charge is 0.449 e. The molecule has 31 heavy (non-hydrogen) atoms. The van der Waals surface area contributed by atoms with Gasteiger partial charge in [0.05, 0.1) is 10.5 Å². The first-order valence-corrected chi connectivity index (χ1v) is 11.4. The van der Waals surface area contributed by atoms with Gasteiger partial charge in [-0.25, -0.2) is 13.2 Å². The van der Waals surface area contributed by atoms with Crippen molar-refractivity contribution in [2.45, 2.75) is 44.1 Å². The summed E-state index contributed by atoms with van der Waals surface area (Å²) in [6.45, 7) is 5.54. The highest BCUT2D eigenvalue weighted by atomic mass is 32.2. The highest BCUT2D eigenvalue weighted by Gasteiger charge is 2.26. The van der Waals surface area contributed by atoms with Crippen molar-refractivity contribution >= 4 is 33.1 Å². The summed E-state index contributed by atoms with van der Waals surface area (Å²) in [5, 5.41) is 13.8. The minimum Gasteiger partial charge on any atom is -0.449 e. The number of benzene rings is 2. The van der Waals surface area contributed by atoms with Crippen LogP contribution in [0.2, 0.25) is 0 Å². The number of amides is 1. The fraction of sp³-hybridized carbons (Fsp3) is 0.333. The number of hydrogen-bond acceptors (Lipinski definition) is 7. The number of nitrogens with zero attached hydrogens (tertiary/aromatic N) is 1. The van der Waals surface area contributed by atoms with Crippen LogP contribution in [0.5, 0.6) is 0 Å². The van der Waals surface area contributed by atoms with Crippen molar-refractivity contribution in [2.75, 3.05) is 11.6 Å². The van der Waals surface area contributed by atoms with Crippen molar-refractivity contribution in [1.29, 1.82) is 0 Å². The standard InChI is InChI=1S/C21H24N2O7S/c1-5-13(2)15-6-9-17(10-7-15)22-20(24)14(3)30-21(25)16-8-11-19(31(4,28)29)18(12-16)23(26)27/h6-14H,5H2,1-4H3,(H,22,24)/t13-,14+/m0/s1. The van der Waals surface area contributed by atoms with E-state index in [0.29, 0.717) is 11.6 Å². The maximum absolute atomic E-state index is 12.3. The molecule has 0 saturated heterocycles. The second-order valence-corrected chi connectivity index (χ2v) is 9.16. The molecule has 166 valence electrons. The van der Waals surface area contributed by atoms with Crippen molar-refractivity contribution < 1.29 is 27.7 Å². The molecule has 2 aromatic rings. The van der Waals surface area contributed by atoms with Crippen LogP contribution in [0.15, 0.2) is 47.4 Å². The monoisotopic (exact) mass is 448 g/mol. The first-order chi connectivity index (χ1) is 14.4. The lowest BCUT2D eigenvalue weighted by Crippen LogP contribution is -2.30. The molecule has 0 unspecified atom stereocenters. The van der Waals surface area contributed by atoms with Crippen LogP contribution in [-0.4, -0.2) is 37.6 Å². The van der Waals surface area contributed by atoms with Crippen LogP contribution in [0.1, 0.15) is 49.0 Å². The number of carbonyl (C=O) groups excluding carboxylic acids is 2. The van der Waals surface area contributed by atoms with E-state index in [2.05, 4.69) is 19.2 Å². The quantitative estimate of drug-likeness (QED) is 0.370. The third-order valence-electron chi connectivity index (χ3n) is 4.80. The number of nitro groups is 1. The summed E-state index contributed by atoms with van der Waals surface area (Å²) in [5.74, 6) is -1.17. The van der Waals surface area contributed by atoms with Gasteiger partial charge in [-0.15, -0.1) is 0 Å². The Kier molecular flexibility index (Phi) is 7.50. The minimum atomic E-state index is -3.86. The van der Waals surface area contributed by atoms with Crippen molar-refractivity contribution in [3.63, 3.8) is 0 Å². The Bertz CT molecular complexity index is 1100. The molecule has 10 heteroatoms. The van der Waals surface area contributed by atoms with Gasteiger partial charge in [0.2, 0.25) is 0 Å². The van der Waals surface area contributed by atoms with Gasteiger partial charge in [-0.05, 0) is 49.1 Å². The second-order valence-electron chi connectivity index (χ2n) is 7.18. The molecule has 0 aromatic heterocycles. The molecule has 0 aliphatic heterocycles. The number of rotatable bonds is 8. The number of nitrogens with one attached hydrogen (secondary N) is 1. The highest BCUT2D eigenvalue weighted by Crippen LogP contribution is 2.25. The summed E-state index contributed by atoms with van der Waals surface area (Å²) in [4.78, 5) is 34.4. The number of carbonyl (C=O) groups is 2. The van der Waals surface area contributed by atoms with Crippen molar-refractivity contribution in [3.8, 4) is 0 Å². The van der Waals surface area contributed by atoms with E-state index in [4.69, 9.17) is 4.74 Å². The third kappa shape index (κ3) is 6.11. The van der Waals surface area contributed by atoms with E-state index in [-0.39, 0.29) is 5.56 Å². The summed E-state index contributed by atoms with van der Waals surface area (Å²) in [5.41, 5.74) is 0.694. The van der Waals surface area contributed by atoms with Gasteiger partial charge >= 0.3 is 5.97 Å². The molecule has 0 radical (unpaired) electrons. The van der Waals surface area contributed by atoms with Gasteiger partial charge in [0.25, 0.3) is 11.6 Å². The van der Waals surface area contributed by atoms with Crippen molar-refractivity contribution in [3.05, 3.63) is 63.7 Å². The number of nitro benzene ring substituents is 1. The maximum Gasteiger partial charge on any atom is 0.339 e. The van der Waals surface area contributed by atoms with Gasteiger partial charge in [-0.1, -0.05) is 26.0 Å². The zero-order valence-corrected chi connectivity index (χ0v) is 18.4. The molecule has 0 spiro atoms. The lowest BCUT2D eigenvalue weighted by molar-refractivity contribution is -0.387. The smallest absolute Gasteiger partial charge is 0.339 e. The average molecular weight is 448 g/mol. The Morgan fingerprint density at radius 1 is 1.13 bits per heavy atom. The number of hydrogen-bond donors (Lipinski definition) is 1. The normalized spacial score (nSPS) is 13.2. The summed E-state index contributed by atoms with van der Waals surface area (Å²) < 4.78 is 28.5. The molecule has 2 rings (SSSR count). The van der Waals surface area contributed by atoms with E-state index in [1.807, 2.05) is 12.1 Å². The first-order valence-electron chi connectivity index (χ1n) is 9.54. The summed E-state index contributed by atoms with van der Waals surface area (Å²) in [6.07, 6.45) is 0.632. The predicted octanol–water partition coefficient (Wildman–Crippen LogP) is 3.70. The molecule has 0 aliphatic carbocycles. The van der Waals surface area contributed by atoms with Gasteiger partial charge in [-0.2, -0.15) is 0 Å². The zero-order valence-electron chi connectivity index (χ0n) is 17.6. The maximum atomic E-state index is 12.3.